The zero-order chi connectivity index (χ0) is 19.7. The van der Waals surface area contributed by atoms with E-state index in [-0.39, 0.29) is 5.60 Å². The van der Waals surface area contributed by atoms with E-state index < -0.39 is 6.10 Å². The first kappa shape index (κ1) is 22.1. The summed E-state index contributed by atoms with van der Waals surface area (Å²) < 4.78 is 16.4. The second-order valence-corrected chi connectivity index (χ2v) is 8.11. The van der Waals surface area contributed by atoms with Gasteiger partial charge in [-0.1, -0.05) is 12.1 Å². The molecule has 1 aliphatic heterocycles. The van der Waals surface area contributed by atoms with Crippen molar-refractivity contribution in [2.24, 2.45) is 0 Å². The van der Waals surface area contributed by atoms with E-state index in [0.717, 1.165) is 51.7 Å². The van der Waals surface area contributed by atoms with Crippen molar-refractivity contribution in [2.45, 2.75) is 39.0 Å². The van der Waals surface area contributed by atoms with Crippen LogP contribution in [0.2, 0.25) is 0 Å². The molecular formula is C21H36N2O4. The lowest BCUT2D eigenvalue weighted by atomic mass is 10.2. The molecule has 0 amide bonds. The fourth-order valence-corrected chi connectivity index (χ4v) is 3.03. The molecule has 0 bridgehead atoms. The highest BCUT2D eigenvalue weighted by Gasteiger charge is 2.18. The molecule has 1 aromatic carbocycles. The highest BCUT2D eigenvalue weighted by Crippen LogP contribution is 2.14. The van der Waals surface area contributed by atoms with E-state index in [1.807, 2.05) is 32.9 Å². The molecule has 0 saturated carbocycles. The number of morpholine rings is 1. The molecule has 1 N–H and O–H groups in total. The lowest BCUT2D eigenvalue weighted by Crippen LogP contribution is -2.43. The summed E-state index contributed by atoms with van der Waals surface area (Å²) in [7, 11) is 1.68. The molecule has 0 unspecified atom stereocenters. The molecular weight excluding hydrogens is 344 g/mol. The summed E-state index contributed by atoms with van der Waals surface area (Å²) in [5.74, 6) is 0.859. The van der Waals surface area contributed by atoms with Gasteiger partial charge in [-0.3, -0.25) is 9.80 Å². The van der Waals surface area contributed by atoms with Gasteiger partial charge in [0.25, 0.3) is 0 Å². The number of ether oxygens (including phenoxy) is 3. The van der Waals surface area contributed by atoms with Gasteiger partial charge in [0.15, 0.2) is 0 Å². The van der Waals surface area contributed by atoms with Crippen LogP contribution >= 0.6 is 0 Å². The summed E-state index contributed by atoms with van der Waals surface area (Å²) in [5, 5.41) is 10.5. The number of methoxy groups -OCH3 is 1. The molecule has 154 valence electrons. The molecule has 27 heavy (non-hydrogen) atoms. The average Bonchev–Trinajstić information content (AvgIpc) is 2.65. The number of benzene rings is 1. The normalized spacial score (nSPS) is 17.3. The summed E-state index contributed by atoms with van der Waals surface area (Å²) in [4.78, 5) is 4.72. The van der Waals surface area contributed by atoms with Gasteiger partial charge in [-0.2, -0.15) is 0 Å². The van der Waals surface area contributed by atoms with Gasteiger partial charge in [0, 0.05) is 39.3 Å². The van der Waals surface area contributed by atoms with Gasteiger partial charge < -0.3 is 19.3 Å². The molecule has 2 rings (SSSR count). The summed E-state index contributed by atoms with van der Waals surface area (Å²) in [6.07, 6.45) is -0.507. The summed E-state index contributed by atoms with van der Waals surface area (Å²) in [6.45, 7) is 13.2. The maximum Gasteiger partial charge on any atom is 0.118 e. The van der Waals surface area contributed by atoms with Crippen molar-refractivity contribution in [1.29, 1.82) is 0 Å². The number of aliphatic hydroxyl groups is 1. The van der Waals surface area contributed by atoms with Crippen molar-refractivity contribution in [1.82, 2.24) is 9.80 Å². The van der Waals surface area contributed by atoms with Gasteiger partial charge in [-0.15, -0.1) is 0 Å². The minimum atomic E-state index is -0.507. The lowest BCUT2D eigenvalue weighted by molar-refractivity contribution is -0.0575. The fourth-order valence-electron chi connectivity index (χ4n) is 3.03. The van der Waals surface area contributed by atoms with Crippen molar-refractivity contribution in [3.63, 3.8) is 0 Å². The second-order valence-electron chi connectivity index (χ2n) is 8.11. The Labute approximate surface area is 164 Å². The average molecular weight is 381 g/mol. The summed E-state index contributed by atoms with van der Waals surface area (Å²) in [6, 6.07) is 8.13. The van der Waals surface area contributed by atoms with Gasteiger partial charge in [0.1, 0.15) is 5.75 Å². The number of nitrogens with zero attached hydrogens (tertiary/aromatic N) is 2. The smallest absolute Gasteiger partial charge is 0.118 e. The first-order chi connectivity index (χ1) is 12.9. The van der Waals surface area contributed by atoms with Crippen molar-refractivity contribution in [3.05, 3.63) is 29.8 Å². The molecule has 0 radical (unpaired) electrons. The Balaban J connectivity index is 1.91. The van der Waals surface area contributed by atoms with Crippen LogP contribution in [0.1, 0.15) is 26.3 Å². The third-order valence-corrected chi connectivity index (χ3v) is 4.58. The van der Waals surface area contributed by atoms with Gasteiger partial charge in [-0.05, 0) is 38.5 Å². The zero-order valence-electron chi connectivity index (χ0n) is 17.3. The van der Waals surface area contributed by atoms with Crippen molar-refractivity contribution in [3.8, 4) is 5.75 Å². The predicted molar refractivity (Wildman–Crippen MR) is 107 cm³/mol. The van der Waals surface area contributed by atoms with E-state index >= 15 is 0 Å². The van der Waals surface area contributed by atoms with Crippen LogP contribution in [0.5, 0.6) is 5.75 Å². The largest absolute Gasteiger partial charge is 0.497 e. The topological polar surface area (TPSA) is 54.4 Å². The van der Waals surface area contributed by atoms with Crippen LogP contribution in [0.4, 0.5) is 0 Å². The van der Waals surface area contributed by atoms with Gasteiger partial charge in [-0.25, -0.2) is 0 Å². The highest BCUT2D eigenvalue weighted by atomic mass is 16.5. The Hall–Kier alpha value is -1.18. The molecule has 1 heterocycles. The number of aliphatic hydroxyl groups excluding tert-OH is 1. The highest BCUT2D eigenvalue weighted by molar-refractivity contribution is 5.27. The monoisotopic (exact) mass is 380 g/mol. The first-order valence-electron chi connectivity index (χ1n) is 9.83. The molecule has 1 fully saturated rings. The molecule has 1 saturated heterocycles. The van der Waals surface area contributed by atoms with Crippen LogP contribution in [0, 0.1) is 0 Å². The van der Waals surface area contributed by atoms with E-state index in [4.69, 9.17) is 14.2 Å². The number of hydrogen-bond acceptors (Lipinski definition) is 6. The number of hydrogen-bond donors (Lipinski definition) is 1. The van der Waals surface area contributed by atoms with Crippen molar-refractivity contribution >= 4 is 0 Å². The summed E-state index contributed by atoms with van der Waals surface area (Å²) in [5.41, 5.74) is 0.969. The second kappa shape index (κ2) is 11.0. The van der Waals surface area contributed by atoms with Gasteiger partial charge >= 0.3 is 0 Å². The Morgan fingerprint density at radius 2 is 1.85 bits per heavy atom. The van der Waals surface area contributed by atoms with Crippen molar-refractivity contribution < 1.29 is 19.3 Å². The van der Waals surface area contributed by atoms with Crippen LogP contribution in [-0.4, -0.2) is 86.3 Å². The quantitative estimate of drug-likeness (QED) is 0.670. The Morgan fingerprint density at radius 3 is 2.44 bits per heavy atom. The molecule has 1 aliphatic rings. The molecule has 0 aliphatic carbocycles. The van der Waals surface area contributed by atoms with E-state index in [9.17, 15) is 5.11 Å². The maximum atomic E-state index is 10.5. The lowest BCUT2D eigenvalue weighted by Gasteiger charge is -2.31. The van der Waals surface area contributed by atoms with E-state index in [1.54, 1.807) is 7.11 Å². The van der Waals surface area contributed by atoms with Crippen LogP contribution < -0.4 is 4.74 Å². The molecule has 6 heteroatoms. The van der Waals surface area contributed by atoms with Crippen LogP contribution in [0.3, 0.4) is 0 Å². The predicted octanol–water partition coefficient (Wildman–Crippen LogP) is 2.01. The van der Waals surface area contributed by atoms with Crippen LogP contribution in [-0.2, 0) is 16.0 Å². The Kier molecular flexibility index (Phi) is 8.99. The van der Waals surface area contributed by atoms with E-state index in [2.05, 4.69) is 21.9 Å². The van der Waals surface area contributed by atoms with Crippen molar-refractivity contribution in [2.75, 3.05) is 59.7 Å². The van der Waals surface area contributed by atoms with Gasteiger partial charge in [0.2, 0.25) is 0 Å². The van der Waals surface area contributed by atoms with Gasteiger partial charge in [0.05, 0.1) is 38.6 Å². The molecule has 0 spiro atoms. The minimum Gasteiger partial charge on any atom is -0.497 e. The van der Waals surface area contributed by atoms with Crippen LogP contribution in [0.25, 0.3) is 0 Å². The first-order valence-corrected chi connectivity index (χ1v) is 9.83. The maximum absolute atomic E-state index is 10.5. The van der Waals surface area contributed by atoms with E-state index in [0.29, 0.717) is 13.2 Å². The molecule has 1 aromatic rings. The SMILES string of the molecule is COc1ccc(CN(CCN2CCOCC2)C[C@@H](O)COC(C)(C)C)cc1. The summed E-state index contributed by atoms with van der Waals surface area (Å²) >= 11 is 0. The Morgan fingerprint density at radius 1 is 1.19 bits per heavy atom. The van der Waals surface area contributed by atoms with E-state index in [1.165, 1.54) is 5.56 Å². The number of rotatable bonds is 10. The minimum absolute atomic E-state index is 0.240. The standard InChI is InChI=1S/C21H36N2O4/c1-21(2,3)27-17-19(24)16-23(10-9-22-11-13-26-14-12-22)15-18-5-7-20(25-4)8-6-18/h5-8,19,24H,9-17H2,1-4H3/t19-/m1/s1. The van der Waals surface area contributed by atoms with Crippen LogP contribution in [0.15, 0.2) is 24.3 Å². The fraction of sp³-hybridized carbons (Fsp3) is 0.714. The molecule has 0 aromatic heterocycles. The third kappa shape index (κ3) is 9.04. The third-order valence-electron chi connectivity index (χ3n) is 4.58. The zero-order valence-corrected chi connectivity index (χ0v) is 17.3. The molecule has 1 atom stereocenters. The Bertz CT molecular complexity index is 524. The molecule has 6 nitrogen and oxygen atoms in total.